The smallest absolute Gasteiger partial charge is 0.165 e. The van der Waals surface area contributed by atoms with Gasteiger partial charge in [-0.3, -0.25) is 4.79 Å². The SMILES string of the molecule is C=C1C[C@H]2[C@@H](CC[C@@]3(C)C(=O)/C(=C\c4ccccc4)C[C@H]23)[C@]2(C)CC[C@H](O)C[C@@H]12. The monoisotopic (exact) mass is 390 g/mol. The van der Waals surface area contributed by atoms with Gasteiger partial charge in [0.05, 0.1) is 6.10 Å². The lowest BCUT2D eigenvalue weighted by atomic mass is 9.44. The van der Waals surface area contributed by atoms with Crippen LogP contribution in [0.3, 0.4) is 0 Å². The number of hydrogen-bond donors (Lipinski definition) is 1. The molecule has 2 nitrogen and oxygen atoms in total. The molecule has 29 heavy (non-hydrogen) atoms. The third-order valence-electron chi connectivity index (χ3n) is 9.38. The number of allylic oxidation sites excluding steroid dienone is 2. The number of carbonyl (C=O) groups is 1. The van der Waals surface area contributed by atoms with E-state index in [0.29, 0.717) is 29.5 Å². The summed E-state index contributed by atoms with van der Waals surface area (Å²) in [6, 6.07) is 10.3. The Morgan fingerprint density at radius 2 is 1.83 bits per heavy atom. The van der Waals surface area contributed by atoms with Crippen LogP contribution in [0.15, 0.2) is 48.1 Å². The average Bonchev–Trinajstić information content (AvgIpc) is 2.95. The standard InChI is InChI=1S/C27H34O2/c1-17-13-21-22(26(2)11-9-20(28)16-23(17)26)10-12-27(3)24(21)15-19(25(27)29)14-18-7-5-4-6-8-18/h4-8,14,20-24,28H,1,9-13,15-16H2,2-3H3/b19-14-/t20-,21-,22+,23-,24+,26-,27+/m0/s1. The van der Waals surface area contributed by atoms with E-state index in [1.807, 2.05) is 18.2 Å². The van der Waals surface area contributed by atoms with Crippen molar-refractivity contribution in [2.75, 3.05) is 0 Å². The minimum atomic E-state index is -0.209. The highest BCUT2D eigenvalue weighted by molar-refractivity contribution is 6.05. The Labute approximate surface area is 175 Å². The molecule has 154 valence electrons. The highest BCUT2D eigenvalue weighted by Gasteiger charge is 2.61. The number of benzene rings is 1. The number of hydrogen-bond acceptors (Lipinski definition) is 2. The summed E-state index contributed by atoms with van der Waals surface area (Å²) >= 11 is 0. The molecule has 0 bridgehead atoms. The first kappa shape index (κ1) is 19.3. The molecule has 0 unspecified atom stereocenters. The summed E-state index contributed by atoms with van der Waals surface area (Å²) < 4.78 is 0. The second kappa shape index (κ2) is 6.67. The van der Waals surface area contributed by atoms with E-state index in [2.05, 4.69) is 38.6 Å². The van der Waals surface area contributed by atoms with Crippen molar-refractivity contribution < 1.29 is 9.90 Å². The zero-order valence-electron chi connectivity index (χ0n) is 17.9. The highest BCUT2D eigenvalue weighted by Crippen LogP contribution is 2.67. The first-order valence-electron chi connectivity index (χ1n) is 11.5. The Kier molecular flexibility index (Phi) is 4.44. The van der Waals surface area contributed by atoms with Gasteiger partial charge in [-0.15, -0.1) is 0 Å². The molecule has 4 fully saturated rings. The molecule has 0 saturated heterocycles. The van der Waals surface area contributed by atoms with Crippen molar-refractivity contribution in [2.24, 2.45) is 34.5 Å². The van der Waals surface area contributed by atoms with Crippen molar-refractivity contribution in [3.05, 3.63) is 53.6 Å². The van der Waals surface area contributed by atoms with Crippen LogP contribution >= 0.6 is 0 Å². The molecule has 4 aliphatic rings. The maximum Gasteiger partial charge on any atom is 0.165 e. The van der Waals surface area contributed by atoms with Gasteiger partial charge in [-0.1, -0.05) is 56.3 Å². The van der Waals surface area contributed by atoms with E-state index in [9.17, 15) is 9.90 Å². The van der Waals surface area contributed by atoms with E-state index in [-0.39, 0.29) is 16.9 Å². The van der Waals surface area contributed by atoms with Crippen LogP contribution < -0.4 is 0 Å². The maximum atomic E-state index is 13.5. The molecular formula is C27H34O2. The second-order valence-electron chi connectivity index (χ2n) is 10.8. The fourth-order valence-electron chi connectivity index (χ4n) is 7.77. The largest absolute Gasteiger partial charge is 0.393 e. The van der Waals surface area contributed by atoms with Gasteiger partial charge in [0.1, 0.15) is 0 Å². The summed E-state index contributed by atoms with van der Waals surface area (Å²) in [5, 5.41) is 10.3. The maximum absolute atomic E-state index is 13.5. The van der Waals surface area contributed by atoms with E-state index in [4.69, 9.17) is 0 Å². The van der Waals surface area contributed by atoms with Crippen LogP contribution in [0.25, 0.3) is 6.08 Å². The first-order valence-corrected chi connectivity index (χ1v) is 11.5. The Bertz CT molecular complexity index is 868. The molecule has 0 aromatic heterocycles. The van der Waals surface area contributed by atoms with Crippen molar-refractivity contribution in [2.45, 2.75) is 64.9 Å². The number of ketones is 1. The van der Waals surface area contributed by atoms with Gasteiger partial charge in [-0.05, 0) is 91.2 Å². The molecule has 2 heteroatoms. The zero-order chi connectivity index (χ0) is 20.4. The summed E-state index contributed by atoms with van der Waals surface area (Å²) in [5.41, 5.74) is 3.54. The molecule has 0 amide bonds. The Balaban J connectivity index is 1.49. The molecule has 5 rings (SSSR count). The lowest BCUT2D eigenvalue weighted by Crippen LogP contribution is -2.54. The van der Waals surface area contributed by atoms with Crippen molar-refractivity contribution in [3.63, 3.8) is 0 Å². The molecule has 1 aromatic rings. The fraction of sp³-hybridized carbons (Fsp3) is 0.593. The van der Waals surface area contributed by atoms with Crippen LogP contribution in [0.2, 0.25) is 0 Å². The van der Waals surface area contributed by atoms with Crippen LogP contribution in [0.4, 0.5) is 0 Å². The molecule has 0 radical (unpaired) electrons. The summed E-state index contributed by atoms with van der Waals surface area (Å²) in [7, 11) is 0. The normalized spacial score (nSPS) is 45.6. The lowest BCUT2D eigenvalue weighted by Gasteiger charge is -2.60. The number of carbonyl (C=O) groups excluding carboxylic acids is 1. The van der Waals surface area contributed by atoms with Gasteiger partial charge in [-0.2, -0.15) is 0 Å². The second-order valence-corrected chi connectivity index (χ2v) is 10.8. The third kappa shape index (κ3) is 2.82. The Morgan fingerprint density at radius 1 is 1.07 bits per heavy atom. The van der Waals surface area contributed by atoms with E-state index in [1.165, 1.54) is 5.57 Å². The van der Waals surface area contributed by atoms with Crippen LogP contribution in [-0.4, -0.2) is 17.0 Å². The Hall–Kier alpha value is -1.67. The lowest BCUT2D eigenvalue weighted by molar-refractivity contribution is -0.135. The first-order chi connectivity index (χ1) is 13.8. The van der Waals surface area contributed by atoms with Crippen LogP contribution in [-0.2, 0) is 4.79 Å². The molecular weight excluding hydrogens is 356 g/mol. The Morgan fingerprint density at radius 3 is 2.59 bits per heavy atom. The third-order valence-corrected chi connectivity index (χ3v) is 9.38. The van der Waals surface area contributed by atoms with Crippen molar-refractivity contribution in [3.8, 4) is 0 Å². The summed E-state index contributed by atoms with van der Waals surface area (Å²) in [4.78, 5) is 13.5. The van der Waals surface area contributed by atoms with Gasteiger partial charge in [0.2, 0.25) is 0 Å². The van der Waals surface area contributed by atoms with Crippen LogP contribution in [0.1, 0.15) is 64.4 Å². The summed E-state index contributed by atoms with van der Waals surface area (Å²) in [6.07, 6.45) is 9.01. The zero-order valence-corrected chi connectivity index (χ0v) is 17.9. The van der Waals surface area contributed by atoms with Crippen LogP contribution in [0.5, 0.6) is 0 Å². The quantitative estimate of drug-likeness (QED) is 0.485. The predicted octanol–water partition coefficient (Wildman–Crippen LogP) is 5.82. The molecule has 7 atom stereocenters. The number of aliphatic hydroxyl groups is 1. The molecule has 0 aliphatic heterocycles. The molecule has 0 spiro atoms. The van der Waals surface area contributed by atoms with E-state index in [0.717, 1.165) is 56.1 Å². The molecule has 1 N–H and O–H groups in total. The van der Waals surface area contributed by atoms with Crippen molar-refractivity contribution >= 4 is 11.9 Å². The number of aliphatic hydroxyl groups excluding tert-OH is 1. The van der Waals surface area contributed by atoms with E-state index in [1.54, 1.807) is 0 Å². The van der Waals surface area contributed by atoms with Crippen LogP contribution in [0, 0.1) is 34.5 Å². The molecule has 4 saturated carbocycles. The van der Waals surface area contributed by atoms with Gasteiger partial charge in [0.25, 0.3) is 0 Å². The van der Waals surface area contributed by atoms with E-state index >= 15 is 0 Å². The molecule has 1 aromatic carbocycles. The molecule has 4 aliphatic carbocycles. The van der Waals surface area contributed by atoms with Crippen molar-refractivity contribution in [1.29, 1.82) is 0 Å². The predicted molar refractivity (Wildman–Crippen MR) is 117 cm³/mol. The number of fused-ring (bicyclic) bond motifs is 5. The van der Waals surface area contributed by atoms with Gasteiger partial charge in [0, 0.05) is 5.41 Å². The van der Waals surface area contributed by atoms with E-state index < -0.39 is 0 Å². The van der Waals surface area contributed by atoms with Gasteiger partial charge in [0.15, 0.2) is 5.78 Å². The average molecular weight is 391 g/mol. The number of rotatable bonds is 1. The summed E-state index contributed by atoms with van der Waals surface area (Å²) in [6.45, 7) is 9.21. The summed E-state index contributed by atoms with van der Waals surface area (Å²) in [5.74, 6) is 2.50. The number of Topliss-reactive ketones (excluding diaryl/α,β-unsaturated/α-hetero) is 1. The van der Waals surface area contributed by atoms with Gasteiger partial charge >= 0.3 is 0 Å². The highest BCUT2D eigenvalue weighted by atomic mass is 16.3. The minimum Gasteiger partial charge on any atom is -0.393 e. The van der Waals surface area contributed by atoms with Gasteiger partial charge < -0.3 is 5.11 Å². The van der Waals surface area contributed by atoms with Crippen molar-refractivity contribution in [1.82, 2.24) is 0 Å². The fourth-order valence-corrected chi connectivity index (χ4v) is 7.77. The van der Waals surface area contributed by atoms with Gasteiger partial charge in [-0.25, -0.2) is 0 Å². The topological polar surface area (TPSA) is 37.3 Å². The minimum absolute atomic E-state index is 0.163. The molecule has 0 heterocycles.